The molecule has 0 N–H and O–H groups in total. The smallest absolute Gasteiger partial charge is 0.197 e. The van der Waals surface area contributed by atoms with Crippen LogP contribution >= 0.6 is 0 Å². The van der Waals surface area contributed by atoms with E-state index in [1.807, 2.05) is 36.4 Å². The van der Waals surface area contributed by atoms with Crippen LogP contribution < -0.4 is 4.90 Å². The summed E-state index contributed by atoms with van der Waals surface area (Å²) >= 11 is 0. The molecule has 4 aromatic rings. The highest BCUT2D eigenvalue weighted by molar-refractivity contribution is 6.42. The lowest BCUT2D eigenvalue weighted by Crippen LogP contribution is -2.35. The molecule has 0 saturated carbocycles. The van der Waals surface area contributed by atoms with Crippen molar-refractivity contribution >= 4 is 45.9 Å². The van der Waals surface area contributed by atoms with Gasteiger partial charge in [-0.1, -0.05) is 74.5 Å². The molecule has 3 nitrogen and oxygen atoms in total. The Hall–Kier alpha value is -4.76. The maximum atomic E-state index is 13.5. The second-order valence-electron chi connectivity index (χ2n) is 12.3. The number of anilines is 2. The van der Waals surface area contributed by atoms with Crippen LogP contribution in [0.2, 0.25) is 0 Å². The second kappa shape index (κ2) is 9.12. The standard InChI is InChI=1S/C39H31NO2/c1-39(2)32-15-7-8-16-35(32)40(34-17-9-13-25-10-5-6-14-28(25)34)36-19-18-24(21-33(36)39)20-31-37(41)29-22-26-11-3-4-12-27(26)23-30(29)38(31)42/h3-5,8-13,16-23H,6-7,14-15H2,1-2H3. The first-order chi connectivity index (χ1) is 20.4. The molecule has 4 aliphatic rings. The second-order valence-corrected chi connectivity index (χ2v) is 12.3. The van der Waals surface area contributed by atoms with Gasteiger partial charge in [-0.15, -0.1) is 0 Å². The lowest BCUT2D eigenvalue weighted by molar-refractivity contribution is 0.0990. The molecule has 0 fully saturated rings. The summed E-state index contributed by atoms with van der Waals surface area (Å²) in [5.74, 6) is -0.378. The maximum Gasteiger partial charge on any atom is 0.197 e. The number of benzene rings is 4. The van der Waals surface area contributed by atoms with Gasteiger partial charge >= 0.3 is 0 Å². The molecule has 4 aromatic carbocycles. The van der Waals surface area contributed by atoms with Crippen LogP contribution in [-0.4, -0.2) is 11.6 Å². The summed E-state index contributed by atoms with van der Waals surface area (Å²) in [4.78, 5) is 29.5. The quantitative estimate of drug-likeness (QED) is 0.186. The number of fused-ring (bicyclic) bond motifs is 4. The minimum absolute atomic E-state index is 0.189. The number of hydrogen-bond acceptors (Lipinski definition) is 3. The molecule has 1 aliphatic heterocycles. The van der Waals surface area contributed by atoms with Gasteiger partial charge in [0.25, 0.3) is 0 Å². The van der Waals surface area contributed by atoms with Gasteiger partial charge in [0.1, 0.15) is 0 Å². The zero-order chi connectivity index (χ0) is 28.6. The van der Waals surface area contributed by atoms with Crippen molar-refractivity contribution in [3.8, 4) is 0 Å². The van der Waals surface area contributed by atoms with Crippen molar-refractivity contribution in [3.05, 3.63) is 141 Å². The highest BCUT2D eigenvalue weighted by atomic mass is 16.2. The third-order valence-electron chi connectivity index (χ3n) is 9.54. The summed E-state index contributed by atoms with van der Waals surface area (Å²) in [5, 5.41) is 1.94. The lowest BCUT2D eigenvalue weighted by atomic mass is 9.70. The fraction of sp³-hybridized carbons (Fsp3) is 0.179. The molecule has 0 amide bonds. The molecule has 3 aliphatic carbocycles. The predicted molar refractivity (Wildman–Crippen MR) is 171 cm³/mol. The average molecular weight is 546 g/mol. The number of ketones is 2. The van der Waals surface area contributed by atoms with Crippen LogP contribution in [0.25, 0.3) is 22.9 Å². The Balaban J connectivity index is 1.27. The fourth-order valence-corrected chi connectivity index (χ4v) is 7.36. The van der Waals surface area contributed by atoms with Gasteiger partial charge in [0.15, 0.2) is 11.6 Å². The first-order valence-corrected chi connectivity index (χ1v) is 14.9. The SMILES string of the molecule is CC1(C)C2=C(C=CCC2)N(c2cccc3c2CCC=C3)c2ccc(C=C3C(=O)c4cc5ccccc5cc4C3=O)cc21. The molecule has 204 valence electrons. The Labute approximate surface area is 246 Å². The minimum atomic E-state index is -0.195. The Morgan fingerprint density at radius 1 is 0.738 bits per heavy atom. The van der Waals surface area contributed by atoms with Crippen molar-refractivity contribution < 1.29 is 9.59 Å². The predicted octanol–water partition coefficient (Wildman–Crippen LogP) is 9.30. The van der Waals surface area contributed by atoms with Gasteiger partial charge in [0.2, 0.25) is 0 Å². The van der Waals surface area contributed by atoms with E-state index in [4.69, 9.17) is 0 Å². The van der Waals surface area contributed by atoms with Gasteiger partial charge in [-0.2, -0.15) is 0 Å². The van der Waals surface area contributed by atoms with E-state index in [0.717, 1.165) is 47.7 Å². The first kappa shape index (κ1) is 25.0. The van der Waals surface area contributed by atoms with E-state index in [2.05, 4.69) is 79.4 Å². The third-order valence-corrected chi connectivity index (χ3v) is 9.54. The number of carbonyl (C=O) groups is 2. The van der Waals surface area contributed by atoms with Crippen LogP contribution in [-0.2, 0) is 11.8 Å². The molecule has 8 rings (SSSR count). The summed E-state index contributed by atoms with van der Waals surface area (Å²) < 4.78 is 0. The highest BCUT2D eigenvalue weighted by Crippen LogP contribution is 2.52. The van der Waals surface area contributed by atoms with E-state index in [1.54, 1.807) is 6.08 Å². The molecule has 3 heteroatoms. The van der Waals surface area contributed by atoms with Crippen molar-refractivity contribution in [2.24, 2.45) is 0 Å². The molecule has 1 heterocycles. The average Bonchev–Trinajstić information content (AvgIpc) is 3.24. The van der Waals surface area contributed by atoms with E-state index in [0.29, 0.717) is 11.1 Å². The largest absolute Gasteiger partial charge is 0.310 e. The Morgan fingerprint density at radius 2 is 1.45 bits per heavy atom. The normalized spacial score (nSPS) is 18.2. The van der Waals surface area contributed by atoms with Gasteiger partial charge in [-0.25, -0.2) is 0 Å². The third kappa shape index (κ3) is 3.59. The minimum Gasteiger partial charge on any atom is -0.310 e. The van der Waals surface area contributed by atoms with Crippen LogP contribution in [0, 0.1) is 0 Å². The molecule has 0 radical (unpaired) electrons. The van der Waals surface area contributed by atoms with Crippen molar-refractivity contribution in [3.63, 3.8) is 0 Å². The number of rotatable bonds is 2. The van der Waals surface area contributed by atoms with Gasteiger partial charge in [0.05, 0.1) is 11.3 Å². The van der Waals surface area contributed by atoms with Crippen LogP contribution in [0.4, 0.5) is 11.4 Å². The van der Waals surface area contributed by atoms with Gasteiger partial charge < -0.3 is 4.90 Å². The van der Waals surface area contributed by atoms with Gasteiger partial charge in [-0.3, -0.25) is 9.59 Å². The monoisotopic (exact) mass is 545 g/mol. The lowest BCUT2D eigenvalue weighted by Gasteiger charge is -2.45. The molecular formula is C39H31NO2. The van der Waals surface area contributed by atoms with E-state index in [1.165, 1.54) is 33.6 Å². The van der Waals surface area contributed by atoms with Gasteiger partial charge in [-0.05, 0) is 107 Å². The summed E-state index contributed by atoms with van der Waals surface area (Å²) in [5.41, 5.74) is 10.9. The van der Waals surface area contributed by atoms with E-state index >= 15 is 0 Å². The first-order valence-electron chi connectivity index (χ1n) is 14.9. The molecule has 0 unspecified atom stereocenters. The maximum absolute atomic E-state index is 13.5. The van der Waals surface area contributed by atoms with Crippen molar-refractivity contribution in [1.29, 1.82) is 0 Å². The number of nitrogens with zero attached hydrogens (tertiary/aromatic N) is 1. The van der Waals surface area contributed by atoms with Crippen molar-refractivity contribution in [2.75, 3.05) is 4.90 Å². The van der Waals surface area contributed by atoms with Crippen LogP contribution in [0.15, 0.2) is 108 Å². The fourth-order valence-electron chi connectivity index (χ4n) is 7.36. The Kier molecular flexibility index (Phi) is 5.43. The highest BCUT2D eigenvalue weighted by Gasteiger charge is 2.40. The molecule has 0 spiro atoms. The van der Waals surface area contributed by atoms with E-state index in [9.17, 15) is 9.59 Å². The Bertz CT molecular complexity index is 1940. The number of allylic oxidation sites excluding steroid dienone is 5. The molecule has 0 atom stereocenters. The molecule has 0 bridgehead atoms. The number of carbonyl (C=O) groups excluding carboxylic acids is 2. The number of hydrogen-bond donors (Lipinski definition) is 0. The molecule has 42 heavy (non-hydrogen) atoms. The zero-order valence-corrected chi connectivity index (χ0v) is 23.9. The number of Topliss-reactive ketones (excluding diaryl/α,β-unsaturated/α-hetero) is 2. The summed E-state index contributed by atoms with van der Waals surface area (Å²) in [7, 11) is 0. The topological polar surface area (TPSA) is 37.4 Å². The van der Waals surface area contributed by atoms with Crippen LogP contribution in [0.1, 0.15) is 76.1 Å². The summed E-state index contributed by atoms with van der Waals surface area (Å²) in [6.45, 7) is 4.62. The molecule has 0 saturated heterocycles. The van der Waals surface area contributed by atoms with Gasteiger partial charge in [0, 0.05) is 27.9 Å². The van der Waals surface area contributed by atoms with Crippen LogP contribution in [0.3, 0.4) is 0 Å². The summed E-state index contributed by atoms with van der Waals surface area (Å²) in [6, 6.07) is 24.7. The van der Waals surface area contributed by atoms with E-state index < -0.39 is 0 Å². The van der Waals surface area contributed by atoms with Crippen molar-refractivity contribution in [1.82, 2.24) is 0 Å². The van der Waals surface area contributed by atoms with Crippen molar-refractivity contribution in [2.45, 2.75) is 44.9 Å². The summed E-state index contributed by atoms with van der Waals surface area (Å²) in [6.07, 6.45) is 15.0. The Morgan fingerprint density at radius 3 is 2.21 bits per heavy atom. The van der Waals surface area contributed by atoms with E-state index in [-0.39, 0.29) is 22.6 Å². The molecule has 0 aromatic heterocycles. The zero-order valence-electron chi connectivity index (χ0n) is 23.9. The molecular weight excluding hydrogens is 514 g/mol. The van der Waals surface area contributed by atoms with Crippen LogP contribution in [0.5, 0.6) is 0 Å².